The fourth-order valence-electron chi connectivity index (χ4n) is 3.97. The molecule has 0 radical (unpaired) electrons. The summed E-state index contributed by atoms with van der Waals surface area (Å²) < 4.78 is 28.2. The van der Waals surface area contributed by atoms with Crippen LogP contribution >= 0.6 is 0 Å². The van der Waals surface area contributed by atoms with Crippen molar-refractivity contribution in [2.45, 2.75) is 4.90 Å². The monoisotopic (exact) mass is 406 g/mol. The van der Waals surface area contributed by atoms with Crippen molar-refractivity contribution in [1.82, 2.24) is 13.9 Å². The van der Waals surface area contributed by atoms with E-state index in [1.54, 1.807) is 30.5 Å². The van der Waals surface area contributed by atoms with Gasteiger partial charge in [0.2, 0.25) is 0 Å². The predicted molar refractivity (Wildman–Crippen MR) is 116 cm³/mol. The summed E-state index contributed by atoms with van der Waals surface area (Å²) >= 11 is 0. The molecule has 7 heteroatoms. The van der Waals surface area contributed by atoms with Crippen LogP contribution in [-0.2, 0) is 10.0 Å². The molecule has 0 spiro atoms. The van der Waals surface area contributed by atoms with Gasteiger partial charge in [-0.3, -0.25) is 0 Å². The van der Waals surface area contributed by atoms with Crippen molar-refractivity contribution in [2.24, 2.45) is 0 Å². The Labute approximate surface area is 170 Å². The van der Waals surface area contributed by atoms with Crippen LogP contribution in [0.4, 0.5) is 5.82 Å². The number of hydrogen-bond acceptors (Lipinski definition) is 5. The number of benzene rings is 2. The highest BCUT2D eigenvalue weighted by Gasteiger charge is 2.24. The van der Waals surface area contributed by atoms with Gasteiger partial charge in [-0.1, -0.05) is 36.4 Å². The van der Waals surface area contributed by atoms with E-state index in [2.05, 4.69) is 16.8 Å². The molecule has 0 amide bonds. The fourth-order valence-corrected chi connectivity index (χ4v) is 5.36. The van der Waals surface area contributed by atoms with Crippen molar-refractivity contribution in [3.8, 4) is 0 Å². The van der Waals surface area contributed by atoms with E-state index >= 15 is 0 Å². The van der Waals surface area contributed by atoms with Crippen LogP contribution in [0.2, 0.25) is 0 Å². The molecule has 0 aliphatic carbocycles. The average Bonchev–Trinajstić information content (AvgIpc) is 3.21. The first-order valence-electron chi connectivity index (χ1n) is 9.69. The Morgan fingerprint density at radius 3 is 2.28 bits per heavy atom. The largest absolute Gasteiger partial charge is 0.353 e. The van der Waals surface area contributed by atoms with Gasteiger partial charge in [-0.25, -0.2) is 17.4 Å². The molecule has 1 aliphatic heterocycles. The predicted octanol–water partition coefficient (Wildman–Crippen LogP) is 3.18. The maximum Gasteiger partial charge on any atom is 0.268 e. The lowest BCUT2D eigenvalue weighted by molar-refractivity contribution is 0.312. The first-order chi connectivity index (χ1) is 14.1. The second-order valence-electron chi connectivity index (χ2n) is 7.43. The zero-order chi connectivity index (χ0) is 20.0. The minimum atomic E-state index is -3.71. The smallest absolute Gasteiger partial charge is 0.268 e. The van der Waals surface area contributed by atoms with Gasteiger partial charge in [0.05, 0.1) is 15.9 Å². The number of likely N-dealkylation sites (N-methyl/N-ethyl adjacent to an activating group) is 1. The average molecular weight is 407 g/mol. The maximum absolute atomic E-state index is 13.4. The van der Waals surface area contributed by atoms with Gasteiger partial charge in [-0.2, -0.15) is 0 Å². The van der Waals surface area contributed by atoms with Gasteiger partial charge in [-0.15, -0.1) is 0 Å². The molecular weight excluding hydrogens is 384 g/mol. The van der Waals surface area contributed by atoms with E-state index in [-0.39, 0.29) is 4.90 Å². The fraction of sp³-hybridized carbons (Fsp3) is 0.227. The topological polar surface area (TPSA) is 58.4 Å². The molecular formula is C22H22N4O2S. The van der Waals surface area contributed by atoms with Crippen LogP contribution in [0.3, 0.4) is 0 Å². The third-order valence-corrected chi connectivity index (χ3v) is 7.27. The molecule has 0 N–H and O–H groups in total. The molecule has 2 aromatic carbocycles. The lowest BCUT2D eigenvalue weighted by Gasteiger charge is -2.33. The second-order valence-corrected chi connectivity index (χ2v) is 9.25. The first-order valence-corrected chi connectivity index (χ1v) is 11.1. The summed E-state index contributed by atoms with van der Waals surface area (Å²) in [7, 11) is -1.59. The third-order valence-electron chi connectivity index (χ3n) is 5.58. The van der Waals surface area contributed by atoms with Crippen LogP contribution in [0.5, 0.6) is 0 Å². The van der Waals surface area contributed by atoms with Gasteiger partial charge in [0.1, 0.15) is 5.82 Å². The number of nitrogens with zero attached hydrogens (tertiary/aromatic N) is 4. The minimum absolute atomic E-state index is 0.277. The normalized spacial score (nSPS) is 16.0. The van der Waals surface area contributed by atoms with Gasteiger partial charge in [0.15, 0.2) is 0 Å². The number of piperazine rings is 1. The Hall–Kier alpha value is -2.90. The quantitative estimate of drug-likeness (QED) is 0.523. The summed E-state index contributed by atoms with van der Waals surface area (Å²) in [6.45, 7) is 3.65. The number of fused-ring (bicyclic) bond motifs is 3. The van der Waals surface area contributed by atoms with Crippen molar-refractivity contribution in [3.63, 3.8) is 0 Å². The van der Waals surface area contributed by atoms with Gasteiger partial charge in [0, 0.05) is 43.1 Å². The van der Waals surface area contributed by atoms with E-state index in [0.717, 1.165) is 48.3 Å². The lowest BCUT2D eigenvalue weighted by atomic mass is 10.1. The number of para-hydroxylation sites is 1. The number of aromatic nitrogens is 2. The number of anilines is 1. The molecule has 1 saturated heterocycles. The van der Waals surface area contributed by atoms with Crippen molar-refractivity contribution in [1.29, 1.82) is 0 Å². The summed E-state index contributed by atoms with van der Waals surface area (Å²) in [5.74, 6) is 0.855. The zero-order valence-electron chi connectivity index (χ0n) is 16.2. The van der Waals surface area contributed by atoms with Gasteiger partial charge in [-0.05, 0) is 31.3 Å². The third kappa shape index (κ3) is 2.97. The zero-order valence-corrected chi connectivity index (χ0v) is 17.0. The minimum Gasteiger partial charge on any atom is -0.353 e. The lowest BCUT2D eigenvalue weighted by Crippen LogP contribution is -2.44. The Morgan fingerprint density at radius 1 is 0.828 bits per heavy atom. The van der Waals surface area contributed by atoms with Crippen LogP contribution < -0.4 is 4.90 Å². The van der Waals surface area contributed by atoms with Crippen LogP contribution in [0.25, 0.3) is 21.8 Å². The molecule has 3 heterocycles. The number of rotatable bonds is 3. The Kier molecular flexibility index (Phi) is 4.29. The van der Waals surface area contributed by atoms with E-state index in [4.69, 9.17) is 4.98 Å². The standard InChI is InChI=1S/C22H22N4O2S/c1-24-13-15-25(16-14-24)22-19-11-12-26(29(27,28)17-7-3-2-4-8-17)21(19)18-9-5-6-10-20(18)23-22/h2-12H,13-16H2,1H3. The molecule has 0 bridgehead atoms. The molecule has 6 nitrogen and oxygen atoms in total. The Balaban J connectivity index is 1.78. The highest BCUT2D eigenvalue weighted by Crippen LogP contribution is 2.34. The van der Waals surface area contributed by atoms with Crippen molar-refractivity contribution in [2.75, 3.05) is 38.1 Å². The summed E-state index contributed by atoms with van der Waals surface area (Å²) in [5, 5.41) is 1.71. The second kappa shape index (κ2) is 6.86. The van der Waals surface area contributed by atoms with Crippen LogP contribution in [0, 0.1) is 0 Å². The summed E-state index contributed by atoms with van der Waals surface area (Å²) in [5.41, 5.74) is 1.49. The van der Waals surface area contributed by atoms with Crippen LogP contribution in [-0.4, -0.2) is 55.5 Å². The molecule has 4 aromatic rings. The van der Waals surface area contributed by atoms with Crippen LogP contribution in [0.15, 0.2) is 71.8 Å². The van der Waals surface area contributed by atoms with Crippen molar-refractivity contribution in [3.05, 3.63) is 66.9 Å². The Morgan fingerprint density at radius 2 is 1.52 bits per heavy atom. The number of pyridine rings is 1. The van der Waals surface area contributed by atoms with Gasteiger partial charge in [0.25, 0.3) is 10.0 Å². The van der Waals surface area contributed by atoms with E-state index in [9.17, 15) is 8.42 Å². The first kappa shape index (κ1) is 18.1. The van der Waals surface area contributed by atoms with Crippen LogP contribution in [0.1, 0.15) is 0 Å². The summed E-state index contributed by atoms with van der Waals surface area (Å²) in [6.07, 6.45) is 1.65. The van der Waals surface area contributed by atoms with E-state index < -0.39 is 10.0 Å². The maximum atomic E-state index is 13.4. The summed E-state index contributed by atoms with van der Waals surface area (Å²) in [4.78, 5) is 9.75. The molecule has 0 atom stereocenters. The Bertz CT molecular complexity index is 1290. The SMILES string of the molecule is CN1CCN(c2nc3ccccc3c3c2ccn3S(=O)(=O)c2ccccc2)CC1. The highest BCUT2D eigenvalue weighted by molar-refractivity contribution is 7.90. The van der Waals surface area contributed by atoms with Gasteiger partial charge < -0.3 is 9.80 Å². The molecule has 1 fully saturated rings. The van der Waals surface area contributed by atoms with E-state index in [1.807, 2.05) is 36.4 Å². The molecule has 148 valence electrons. The van der Waals surface area contributed by atoms with Crippen molar-refractivity contribution < 1.29 is 8.42 Å². The van der Waals surface area contributed by atoms with E-state index in [0.29, 0.717) is 5.52 Å². The number of hydrogen-bond donors (Lipinski definition) is 0. The van der Waals surface area contributed by atoms with Gasteiger partial charge >= 0.3 is 0 Å². The van der Waals surface area contributed by atoms with Crippen molar-refractivity contribution >= 4 is 37.6 Å². The molecule has 1 aliphatic rings. The molecule has 0 unspecified atom stereocenters. The molecule has 29 heavy (non-hydrogen) atoms. The summed E-state index contributed by atoms with van der Waals surface area (Å²) in [6, 6.07) is 18.2. The molecule has 2 aromatic heterocycles. The molecule has 0 saturated carbocycles. The van der Waals surface area contributed by atoms with E-state index in [1.165, 1.54) is 3.97 Å². The highest BCUT2D eigenvalue weighted by atomic mass is 32.2. The molecule has 5 rings (SSSR count).